The summed E-state index contributed by atoms with van der Waals surface area (Å²) < 4.78 is 0. The number of carbonyl (C=O) groups excluding carboxylic acids is 1. The first kappa shape index (κ1) is 15.2. The van der Waals surface area contributed by atoms with Gasteiger partial charge in [-0.05, 0) is 18.2 Å². The van der Waals surface area contributed by atoms with E-state index in [1.165, 1.54) is 19.2 Å². The number of hydrogen-bond acceptors (Lipinski definition) is 6. The molecule has 7 nitrogen and oxygen atoms in total. The van der Waals surface area contributed by atoms with E-state index in [0.717, 1.165) is 0 Å². The maximum absolute atomic E-state index is 11.7. The first-order chi connectivity index (χ1) is 9.01. The maximum atomic E-state index is 11.7. The molecule has 0 radical (unpaired) electrons. The van der Waals surface area contributed by atoms with Gasteiger partial charge in [-0.25, -0.2) is 0 Å². The molecular formula is C12H19N3O4. The number of hydrogen-bond donors (Lipinski definition) is 6. The van der Waals surface area contributed by atoms with Crippen molar-refractivity contribution in [3.05, 3.63) is 23.8 Å². The second-order valence-corrected chi connectivity index (χ2v) is 4.26. The Balaban J connectivity index is 3.17. The minimum atomic E-state index is -1.32. The number of rotatable bonds is 6. The molecule has 0 atom stereocenters. The van der Waals surface area contributed by atoms with Gasteiger partial charge in [-0.3, -0.25) is 4.79 Å². The lowest BCUT2D eigenvalue weighted by Crippen LogP contribution is -2.49. The highest BCUT2D eigenvalue weighted by Crippen LogP contribution is 2.23. The van der Waals surface area contributed by atoms with E-state index in [4.69, 9.17) is 5.73 Å². The van der Waals surface area contributed by atoms with Crippen molar-refractivity contribution in [2.45, 2.75) is 5.54 Å². The summed E-state index contributed by atoms with van der Waals surface area (Å²) in [7, 11) is 1.49. The minimum absolute atomic E-state index is 0.302. The van der Waals surface area contributed by atoms with Crippen molar-refractivity contribution in [2.75, 3.05) is 37.9 Å². The second kappa shape index (κ2) is 6.37. The summed E-state index contributed by atoms with van der Waals surface area (Å²) >= 11 is 0. The molecule has 0 aliphatic carbocycles. The highest BCUT2D eigenvalue weighted by atomic mass is 16.3. The molecule has 0 fully saturated rings. The van der Waals surface area contributed by atoms with Gasteiger partial charge in [0.1, 0.15) is 5.54 Å². The molecule has 0 aliphatic rings. The molecule has 1 amide bonds. The van der Waals surface area contributed by atoms with E-state index in [2.05, 4.69) is 10.6 Å². The van der Waals surface area contributed by atoms with Crippen LogP contribution in [0.15, 0.2) is 18.2 Å². The largest absolute Gasteiger partial charge is 0.399 e. The van der Waals surface area contributed by atoms with Gasteiger partial charge in [0.2, 0.25) is 0 Å². The summed E-state index contributed by atoms with van der Waals surface area (Å²) in [6.07, 6.45) is 0. The molecule has 19 heavy (non-hydrogen) atoms. The first-order valence-corrected chi connectivity index (χ1v) is 5.74. The Kier molecular flexibility index (Phi) is 5.11. The van der Waals surface area contributed by atoms with Gasteiger partial charge in [-0.1, -0.05) is 0 Å². The fourth-order valence-electron chi connectivity index (χ4n) is 1.55. The lowest BCUT2D eigenvalue weighted by Gasteiger charge is -2.30. The van der Waals surface area contributed by atoms with Crippen molar-refractivity contribution in [2.24, 2.45) is 0 Å². The summed E-state index contributed by atoms with van der Waals surface area (Å²) in [5.41, 5.74) is 5.38. The summed E-state index contributed by atoms with van der Waals surface area (Å²) in [5.74, 6) is -0.342. The van der Waals surface area contributed by atoms with Crippen LogP contribution in [0.5, 0.6) is 0 Å². The van der Waals surface area contributed by atoms with E-state index in [1.807, 2.05) is 0 Å². The van der Waals surface area contributed by atoms with Crippen molar-refractivity contribution >= 4 is 17.3 Å². The van der Waals surface area contributed by atoms with Gasteiger partial charge in [0.15, 0.2) is 0 Å². The third-order valence-corrected chi connectivity index (χ3v) is 2.82. The van der Waals surface area contributed by atoms with Gasteiger partial charge in [0.05, 0.1) is 25.4 Å². The number of amides is 1. The topological polar surface area (TPSA) is 128 Å². The predicted octanol–water partition coefficient (Wildman–Crippen LogP) is -1.24. The Morgan fingerprint density at radius 1 is 1.26 bits per heavy atom. The average Bonchev–Trinajstić information content (AvgIpc) is 2.44. The molecule has 1 rings (SSSR count). The van der Waals surface area contributed by atoms with Crippen molar-refractivity contribution in [1.82, 2.24) is 5.32 Å². The molecule has 1 aromatic carbocycles. The van der Waals surface area contributed by atoms with Crippen LogP contribution in [0.2, 0.25) is 0 Å². The van der Waals surface area contributed by atoms with Gasteiger partial charge in [0.25, 0.3) is 5.91 Å². The number of aliphatic hydroxyl groups is 3. The molecule has 0 aromatic heterocycles. The molecule has 1 aromatic rings. The number of anilines is 2. The lowest BCUT2D eigenvalue weighted by molar-refractivity contribution is 0.0829. The molecular weight excluding hydrogens is 250 g/mol. The second-order valence-electron chi connectivity index (χ2n) is 4.26. The van der Waals surface area contributed by atoms with Crippen LogP contribution in [0.25, 0.3) is 0 Å². The molecule has 106 valence electrons. The molecule has 7 N–H and O–H groups in total. The van der Waals surface area contributed by atoms with Gasteiger partial charge >= 0.3 is 0 Å². The van der Waals surface area contributed by atoms with Crippen LogP contribution in [-0.2, 0) is 0 Å². The third kappa shape index (κ3) is 3.34. The first-order valence-electron chi connectivity index (χ1n) is 5.74. The zero-order valence-corrected chi connectivity index (χ0v) is 10.7. The van der Waals surface area contributed by atoms with Crippen molar-refractivity contribution in [3.63, 3.8) is 0 Å². The van der Waals surface area contributed by atoms with Crippen LogP contribution in [0.1, 0.15) is 10.4 Å². The van der Waals surface area contributed by atoms with E-state index in [-0.39, 0.29) is 5.91 Å². The number of carbonyl (C=O) groups is 1. The Labute approximate surface area is 111 Å². The van der Waals surface area contributed by atoms with Crippen LogP contribution in [0.3, 0.4) is 0 Å². The Bertz CT molecular complexity index is 438. The van der Waals surface area contributed by atoms with E-state index >= 15 is 0 Å². The van der Waals surface area contributed by atoms with E-state index in [9.17, 15) is 20.1 Å². The molecule has 0 saturated heterocycles. The molecule has 0 spiro atoms. The summed E-state index contributed by atoms with van der Waals surface area (Å²) in [6.45, 7) is -1.49. The van der Waals surface area contributed by atoms with Crippen LogP contribution in [-0.4, -0.2) is 53.6 Å². The average molecular weight is 269 g/mol. The summed E-state index contributed by atoms with van der Waals surface area (Å²) in [5, 5.41) is 33.1. The van der Waals surface area contributed by atoms with Crippen molar-refractivity contribution in [1.29, 1.82) is 0 Å². The fraction of sp³-hybridized carbons (Fsp3) is 0.417. The van der Waals surface area contributed by atoms with Crippen molar-refractivity contribution < 1.29 is 20.1 Å². The van der Waals surface area contributed by atoms with Crippen molar-refractivity contribution in [3.8, 4) is 0 Å². The molecule has 0 heterocycles. The Morgan fingerprint density at radius 3 is 2.32 bits per heavy atom. The molecule has 0 unspecified atom stereocenters. The lowest BCUT2D eigenvalue weighted by atomic mass is 10.0. The molecule has 0 saturated carbocycles. The molecule has 7 heteroatoms. The fourth-order valence-corrected chi connectivity index (χ4v) is 1.55. The Morgan fingerprint density at radius 2 is 1.84 bits per heavy atom. The van der Waals surface area contributed by atoms with Crippen LogP contribution in [0, 0.1) is 0 Å². The number of benzene rings is 1. The third-order valence-electron chi connectivity index (χ3n) is 2.82. The SMILES string of the molecule is CNC(=O)c1ccc(N)cc1NC(CO)(CO)CO. The normalized spacial score (nSPS) is 11.2. The highest BCUT2D eigenvalue weighted by molar-refractivity contribution is 6.00. The summed E-state index contributed by atoms with van der Waals surface area (Å²) in [4.78, 5) is 11.7. The highest BCUT2D eigenvalue weighted by Gasteiger charge is 2.29. The smallest absolute Gasteiger partial charge is 0.253 e. The number of nitrogens with one attached hydrogen (secondary N) is 2. The minimum Gasteiger partial charge on any atom is -0.399 e. The zero-order chi connectivity index (χ0) is 14.5. The summed E-state index contributed by atoms with van der Waals surface area (Å²) in [6, 6.07) is 4.59. The van der Waals surface area contributed by atoms with Crippen LogP contribution >= 0.6 is 0 Å². The van der Waals surface area contributed by atoms with Gasteiger partial charge < -0.3 is 31.7 Å². The van der Waals surface area contributed by atoms with Gasteiger partial charge in [-0.15, -0.1) is 0 Å². The standard InChI is InChI=1S/C12H19N3O4/c1-14-11(19)9-3-2-8(13)4-10(9)15-12(5-16,6-17)7-18/h2-4,15-18H,5-7,13H2,1H3,(H,14,19). The maximum Gasteiger partial charge on any atom is 0.253 e. The zero-order valence-electron chi connectivity index (χ0n) is 10.7. The van der Waals surface area contributed by atoms with Crippen LogP contribution in [0.4, 0.5) is 11.4 Å². The van der Waals surface area contributed by atoms with E-state index < -0.39 is 25.4 Å². The predicted molar refractivity (Wildman–Crippen MR) is 71.9 cm³/mol. The van der Waals surface area contributed by atoms with Gasteiger partial charge in [-0.2, -0.15) is 0 Å². The quantitative estimate of drug-likeness (QED) is 0.358. The Hall–Kier alpha value is -1.83. The van der Waals surface area contributed by atoms with E-state index in [1.54, 1.807) is 6.07 Å². The number of nitrogen functional groups attached to an aromatic ring is 1. The van der Waals surface area contributed by atoms with Crippen LogP contribution < -0.4 is 16.4 Å². The van der Waals surface area contributed by atoms with Gasteiger partial charge in [0, 0.05) is 18.4 Å². The molecule has 0 bridgehead atoms. The van der Waals surface area contributed by atoms with E-state index in [0.29, 0.717) is 16.9 Å². The number of aliphatic hydroxyl groups excluding tert-OH is 3. The number of nitrogens with two attached hydrogens (primary N) is 1. The molecule has 0 aliphatic heterocycles. The monoisotopic (exact) mass is 269 g/mol.